The number of carbonyl (C=O) groups is 1. The van der Waals surface area contributed by atoms with Crippen molar-refractivity contribution in [2.75, 3.05) is 0 Å². The Morgan fingerprint density at radius 2 is 2.19 bits per heavy atom. The molecule has 0 N–H and O–H groups in total. The predicted molar refractivity (Wildman–Crippen MR) is 58.0 cm³/mol. The maximum atomic E-state index is 11.9. The highest BCUT2D eigenvalue weighted by atomic mass is 16.6. The molecule has 88 valence electrons. The lowest BCUT2D eigenvalue weighted by molar-refractivity contribution is -0.533. The molecule has 3 aliphatic rings. The minimum Gasteiger partial charge on any atom is -0.623 e. The second kappa shape index (κ2) is 2.60. The quantitative estimate of drug-likeness (QED) is 0.353. The van der Waals surface area contributed by atoms with Crippen LogP contribution in [0.2, 0.25) is 0 Å². The standard InChI is InChI=1S/C12H17NO3/c1-11(2)7-4-5-12(11,3)10-9(7)16-8(14)6-13(10)15/h6-7,9-10H,4-5H2,1-3H3/t7-,9-,10-,12+/m1/s1. The molecule has 0 saturated heterocycles. The van der Waals surface area contributed by atoms with Gasteiger partial charge < -0.3 is 9.94 Å². The summed E-state index contributed by atoms with van der Waals surface area (Å²) in [5, 5.41) is 11.9. The summed E-state index contributed by atoms with van der Waals surface area (Å²) < 4.78 is 6.22. The van der Waals surface area contributed by atoms with Crippen LogP contribution in [-0.4, -0.2) is 29.1 Å². The van der Waals surface area contributed by atoms with Crippen molar-refractivity contribution in [2.45, 2.75) is 45.8 Å². The number of hydrogen-bond acceptors (Lipinski definition) is 3. The van der Waals surface area contributed by atoms with Crippen molar-refractivity contribution in [3.63, 3.8) is 0 Å². The minimum atomic E-state index is -0.483. The summed E-state index contributed by atoms with van der Waals surface area (Å²) in [6.45, 7) is 6.56. The minimum absolute atomic E-state index is 0.0404. The van der Waals surface area contributed by atoms with E-state index in [9.17, 15) is 10.0 Å². The summed E-state index contributed by atoms with van der Waals surface area (Å²) in [6, 6.07) is -0.182. The Balaban J connectivity index is 2.13. The van der Waals surface area contributed by atoms with Gasteiger partial charge in [0.05, 0.1) is 0 Å². The van der Waals surface area contributed by atoms with E-state index in [0.29, 0.717) is 5.92 Å². The number of nitrogens with zero attached hydrogens (tertiary/aromatic N) is 1. The van der Waals surface area contributed by atoms with E-state index in [1.165, 1.54) is 0 Å². The molecule has 0 amide bonds. The number of carbonyl (C=O) groups excluding carboxylic acids is 1. The molecule has 0 spiro atoms. The molecule has 4 atom stereocenters. The number of esters is 1. The molecule has 1 heterocycles. The van der Waals surface area contributed by atoms with Gasteiger partial charge in [-0.1, -0.05) is 20.8 Å². The molecule has 0 aromatic rings. The van der Waals surface area contributed by atoms with Crippen molar-refractivity contribution in [3.8, 4) is 0 Å². The zero-order valence-corrected chi connectivity index (χ0v) is 9.90. The van der Waals surface area contributed by atoms with Gasteiger partial charge in [0, 0.05) is 11.3 Å². The number of rotatable bonds is 0. The Hall–Kier alpha value is -1.06. The molecule has 0 radical (unpaired) electrons. The van der Waals surface area contributed by atoms with Crippen LogP contribution in [0.5, 0.6) is 0 Å². The van der Waals surface area contributed by atoms with Crippen LogP contribution in [-0.2, 0) is 9.53 Å². The van der Waals surface area contributed by atoms with Gasteiger partial charge in [-0.05, 0) is 18.3 Å². The van der Waals surface area contributed by atoms with E-state index in [2.05, 4.69) is 20.8 Å². The molecular formula is C12H17NO3. The third kappa shape index (κ3) is 0.874. The SMILES string of the molecule is CC1(C)[C@@H]2CC[C@@]1(C)[C@H]1[C@@H]2OC(=O)C=[N+]1[O-]. The van der Waals surface area contributed by atoms with Crippen LogP contribution in [0.4, 0.5) is 0 Å². The average Bonchev–Trinajstić information content (AvgIpc) is 2.45. The fourth-order valence-electron chi connectivity index (χ4n) is 4.17. The van der Waals surface area contributed by atoms with Crippen molar-refractivity contribution < 1.29 is 14.3 Å². The molecule has 0 aromatic carbocycles. The molecule has 2 saturated carbocycles. The zero-order valence-electron chi connectivity index (χ0n) is 9.90. The summed E-state index contributed by atoms with van der Waals surface area (Å²) in [5.74, 6) is -0.153. The van der Waals surface area contributed by atoms with E-state index in [1.54, 1.807) is 0 Å². The molecule has 16 heavy (non-hydrogen) atoms. The topological polar surface area (TPSA) is 52.4 Å². The van der Waals surface area contributed by atoms with Crippen LogP contribution in [0.1, 0.15) is 33.6 Å². The monoisotopic (exact) mass is 223 g/mol. The first kappa shape index (κ1) is 10.1. The molecule has 2 fully saturated rings. The van der Waals surface area contributed by atoms with Crippen molar-refractivity contribution >= 4 is 12.2 Å². The van der Waals surface area contributed by atoms with Gasteiger partial charge in [-0.15, -0.1) is 0 Å². The molecular weight excluding hydrogens is 206 g/mol. The smallest absolute Gasteiger partial charge is 0.397 e. The lowest BCUT2D eigenvalue weighted by Gasteiger charge is -2.38. The van der Waals surface area contributed by atoms with Crippen LogP contribution in [0.3, 0.4) is 0 Å². The van der Waals surface area contributed by atoms with E-state index in [0.717, 1.165) is 23.8 Å². The van der Waals surface area contributed by atoms with Gasteiger partial charge >= 0.3 is 5.97 Å². The molecule has 2 bridgehead atoms. The van der Waals surface area contributed by atoms with Gasteiger partial charge in [-0.2, -0.15) is 4.74 Å². The Morgan fingerprint density at radius 1 is 1.50 bits per heavy atom. The molecule has 4 heteroatoms. The Labute approximate surface area is 94.9 Å². The van der Waals surface area contributed by atoms with Crippen molar-refractivity contribution in [2.24, 2.45) is 16.7 Å². The summed E-state index contributed by atoms with van der Waals surface area (Å²) in [7, 11) is 0. The van der Waals surface area contributed by atoms with Crippen molar-refractivity contribution in [1.82, 2.24) is 0 Å². The third-order valence-corrected chi connectivity index (χ3v) is 5.49. The van der Waals surface area contributed by atoms with E-state index >= 15 is 0 Å². The van der Waals surface area contributed by atoms with Crippen LogP contribution in [0.25, 0.3) is 0 Å². The van der Waals surface area contributed by atoms with Crippen LogP contribution in [0.15, 0.2) is 0 Å². The normalized spacial score (nSPS) is 48.6. The number of hydrogen-bond donors (Lipinski definition) is 0. The first-order valence-corrected chi connectivity index (χ1v) is 5.89. The molecule has 2 aliphatic carbocycles. The highest BCUT2D eigenvalue weighted by Gasteiger charge is 2.72. The second-order valence-corrected chi connectivity index (χ2v) is 6.12. The van der Waals surface area contributed by atoms with Gasteiger partial charge in [-0.25, -0.2) is 4.79 Å². The van der Waals surface area contributed by atoms with Gasteiger partial charge in [0.15, 0.2) is 6.10 Å². The summed E-state index contributed by atoms with van der Waals surface area (Å²) in [5.41, 5.74) is 0.0325. The predicted octanol–water partition coefficient (Wildman–Crippen LogP) is 1.32. The maximum Gasteiger partial charge on any atom is 0.397 e. The molecule has 3 rings (SSSR count). The van der Waals surface area contributed by atoms with Gasteiger partial charge in [0.2, 0.25) is 6.04 Å². The fraction of sp³-hybridized carbons (Fsp3) is 0.833. The highest BCUT2D eigenvalue weighted by Crippen LogP contribution is 2.67. The maximum absolute atomic E-state index is 11.9. The fourth-order valence-corrected chi connectivity index (χ4v) is 4.17. The summed E-state index contributed by atoms with van der Waals surface area (Å²) in [4.78, 5) is 11.3. The lowest BCUT2D eigenvalue weighted by atomic mass is 9.69. The van der Waals surface area contributed by atoms with Crippen molar-refractivity contribution in [1.29, 1.82) is 0 Å². The van der Waals surface area contributed by atoms with Gasteiger partial charge in [0.25, 0.3) is 6.21 Å². The third-order valence-electron chi connectivity index (χ3n) is 5.49. The molecule has 0 unspecified atom stereocenters. The zero-order chi connectivity index (χ0) is 11.7. The molecule has 4 nitrogen and oxygen atoms in total. The second-order valence-electron chi connectivity index (χ2n) is 6.12. The number of ether oxygens (including phenoxy) is 1. The average molecular weight is 223 g/mol. The van der Waals surface area contributed by atoms with Crippen LogP contribution < -0.4 is 0 Å². The van der Waals surface area contributed by atoms with E-state index < -0.39 is 5.97 Å². The van der Waals surface area contributed by atoms with Crippen molar-refractivity contribution in [3.05, 3.63) is 5.21 Å². The highest BCUT2D eigenvalue weighted by molar-refractivity contribution is 6.21. The van der Waals surface area contributed by atoms with Crippen LogP contribution >= 0.6 is 0 Å². The first-order valence-electron chi connectivity index (χ1n) is 5.89. The Bertz CT molecular complexity index is 401. The van der Waals surface area contributed by atoms with Gasteiger partial charge in [-0.3, -0.25) is 0 Å². The number of fused-ring (bicyclic) bond motifs is 5. The first-order chi connectivity index (χ1) is 7.38. The Morgan fingerprint density at radius 3 is 2.88 bits per heavy atom. The largest absolute Gasteiger partial charge is 0.623 e. The summed E-state index contributed by atoms with van der Waals surface area (Å²) >= 11 is 0. The van der Waals surface area contributed by atoms with E-state index in [4.69, 9.17) is 4.74 Å². The molecule has 1 aliphatic heterocycles. The Kier molecular flexibility index (Phi) is 1.65. The van der Waals surface area contributed by atoms with E-state index in [1.807, 2.05) is 0 Å². The lowest BCUT2D eigenvalue weighted by Crippen LogP contribution is -2.51. The number of hydroxylamine groups is 1. The molecule has 0 aromatic heterocycles. The van der Waals surface area contributed by atoms with E-state index in [-0.39, 0.29) is 23.0 Å². The summed E-state index contributed by atoms with van der Waals surface area (Å²) in [6.07, 6.45) is 2.97. The van der Waals surface area contributed by atoms with Crippen LogP contribution in [0, 0.1) is 22.0 Å². The van der Waals surface area contributed by atoms with Gasteiger partial charge in [0.1, 0.15) is 0 Å².